The first-order valence-electron chi connectivity index (χ1n) is 7.83. The Morgan fingerprint density at radius 1 is 1.08 bits per heavy atom. The van der Waals surface area contributed by atoms with Gasteiger partial charge in [0.15, 0.2) is 0 Å². The van der Waals surface area contributed by atoms with Crippen LogP contribution in [0.4, 0.5) is 11.4 Å². The smallest absolute Gasteiger partial charge is 0.257 e. The van der Waals surface area contributed by atoms with Crippen LogP contribution in [0, 0.1) is 0 Å². The van der Waals surface area contributed by atoms with Gasteiger partial charge in [-0.2, -0.15) is 0 Å². The molecule has 1 aliphatic rings. The number of nitrogens with zero attached hydrogens (tertiary/aromatic N) is 2. The van der Waals surface area contributed by atoms with E-state index in [4.69, 9.17) is 11.6 Å². The van der Waals surface area contributed by atoms with Gasteiger partial charge in [-0.1, -0.05) is 27.5 Å². The van der Waals surface area contributed by atoms with Crippen LogP contribution in [0.5, 0.6) is 0 Å². The molecule has 1 aliphatic heterocycles. The first-order valence-corrected chi connectivity index (χ1v) is 9.00. The first kappa shape index (κ1) is 17.3. The first-order chi connectivity index (χ1) is 11.5. The molecule has 0 spiro atoms. The summed E-state index contributed by atoms with van der Waals surface area (Å²) in [5.41, 5.74) is 2.39. The lowest BCUT2D eigenvalue weighted by molar-refractivity contribution is 0.102. The SMILES string of the molecule is CN1CCN(c2ccc(NC(=O)c3cc(Br)ccc3Cl)cc2)CC1. The van der Waals surface area contributed by atoms with Crippen LogP contribution in [0.3, 0.4) is 0 Å². The van der Waals surface area contributed by atoms with Crippen molar-refractivity contribution in [1.82, 2.24) is 4.90 Å². The molecule has 1 heterocycles. The Balaban J connectivity index is 1.68. The maximum absolute atomic E-state index is 12.4. The van der Waals surface area contributed by atoms with Crippen molar-refractivity contribution in [1.29, 1.82) is 0 Å². The highest BCUT2D eigenvalue weighted by atomic mass is 79.9. The van der Waals surface area contributed by atoms with Crippen LogP contribution in [0.1, 0.15) is 10.4 Å². The summed E-state index contributed by atoms with van der Waals surface area (Å²) < 4.78 is 0.822. The molecule has 126 valence electrons. The summed E-state index contributed by atoms with van der Waals surface area (Å²) in [7, 11) is 2.14. The number of carbonyl (C=O) groups is 1. The number of carbonyl (C=O) groups excluding carboxylic acids is 1. The van der Waals surface area contributed by atoms with Gasteiger partial charge in [0.25, 0.3) is 5.91 Å². The lowest BCUT2D eigenvalue weighted by atomic mass is 10.2. The van der Waals surface area contributed by atoms with Crippen LogP contribution in [0.2, 0.25) is 5.02 Å². The summed E-state index contributed by atoms with van der Waals surface area (Å²) in [6.07, 6.45) is 0. The molecule has 0 aliphatic carbocycles. The van der Waals surface area contributed by atoms with Crippen LogP contribution in [-0.4, -0.2) is 44.0 Å². The van der Waals surface area contributed by atoms with E-state index in [0.29, 0.717) is 10.6 Å². The summed E-state index contributed by atoms with van der Waals surface area (Å²) >= 11 is 9.46. The number of hydrogen-bond acceptors (Lipinski definition) is 3. The molecule has 0 radical (unpaired) electrons. The molecule has 1 fully saturated rings. The van der Waals surface area contributed by atoms with E-state index < -0.39 is 0 Å². The van der Waals surface area contributed by atoms with Crippen LogP contribution < -0.4 is 10.2 Å². The summed E-state index contributed by atoms with van der Waals surface area (Å²) in [6.45, 7) is 4.19. The van der Waals surface area contributed by atoms with Crippen LogP contribution in [0.15, 0.2) is 46.9 Å². The lowest BCUT2D eigenvalue weighted by Gasteiger charge is -2.34. The van der Waals surface area contributed by atoms with Crippen molar-refractivity contribution in [2.45, 2.75) is 0 Å². The largest absolute Gasteiger partial charge is 0.369 e. The summed E-state index contributed by atoms with van der Waals surface area (Å²) in [5, 5.41) is 3.33. The van der Waals surface area contributed by atoms with E-state index in [1.807, 2.05) is 30.3 Å². The Bertz CT molecular complexity index is 728. The van der Waals surface area contributed by atoms with Gasteiger partial charge in [0.2, 0.25) is 0 Å². The average Bonchev–Trinajstić information content (AvgIpc) is 2.58. The van der Waals surface area contributed by atoms with E-state index in [2.05, 4.69) is 38.1 Å². The van der Waals surface area contributed by atoms with Crippen molar-refractivity contribution >= 4 is 44.8 Å². The molecule has 0 atom stereocenters. The Morgan fingerprint density at radius 3 is 2.42 bits per heavy atom. The monoisotopic (exact) mass is 407 g/mol. The second-order valence-electron chi connectivity index (χ2n) is 5.92. The molecule has 2 aromatic rings. The van der Waals surface area contributed by atoms with Crippen molar-refractivity contribution in [2.24, 2.45) is 0 Å². The van der Waals surface area contributed by atoms with Crippen molar-refractivity contribution in [3.05, 3.63) is 57.5 Å². The fraction of sp³-hybridized carbons (Fsp3) is 0.278. The highest BCUT2D eigenvalue weighted by molar-refractivity contribution is 9.10. The molecule has 0 saturated carbocycles. The van der Waals surface area contributed by atoms with Gasteiger partial charge in [0, 0.05) is 42.0 Å². The van der Waals surface area contributed by atoms with E-state index in [0.717, 1.165) is 36.3 Å². The maximum Gasteiger partial charge on any atom is 0.257 e. The number of hydrogen-bond donors (Lipinski definition) is 1. The van der Waals surface area contributed by atoms with Gasteiger partial charge >= 0.3 is 0 Å². The van der Waals surface area contributed by atoms with E-state index in [9.17, 15) is 4.79 Å². The number of halogens is 2. The number of amides is 1. The third-order valence-corrected chi connectivity index (χ3v) is 4.99. The highest BCUT2D eigenvalue weighted by Gasteiger charge is 2.15. The van der Waals surface area contributed by atoms with E-state index in [-0.39, 0.29) is 5.91 Å². The number of benzene rings is 2. The van der Waals surface area contributed by atoms with Crippen molar-refractivity contribution in [3.8, 4) is 0 Å². The molecule has 3 rings (SSSR count). The van der Waals surface area contributed by atoms with Gasteiger partial charge in [-0.3, -0.25) is 4.79 Å². The Labute approximate surface area is 155 Å². The average molecular weight is 409 g/mol. The topological polar surface area (TPSA) is 35.6 Å². The van der Waals surface area contributed by atoms with Crippen LogP contribution in [-0.2, 0) is 0 Å². The minimum atomic E-state index is -0.214. The Morgan fingerprint density at radius 2 is 1.75 bits per heavy atom. The fourth-order valence-electron chi connectivity index (χ4n) is 2.69. The molecular weight excluding hydrogens is 390 g/mol. The van der Waals surface area contributed by atoms with Gasteiger partial charge in [0.1, 0.15) is 0 Å². The molecule has 1 saturated heterocycles. The number of piperazine rings is 1. The molecule has 1 N–H and O–H groups in total. The van der Waals surface area contributed by atoms with Crippen molar-refractivity contribution in [3.63, 3.8) is 0 Å². The van der Waals surface area contributed by atoms with E-state index >= 15 is 0 Å². The van der Waals surface area contributed by atoms with Crippen LogP contribution >= 0.6 is 27.5 Å². The molecule has 2 aromatic carbocycles. The second kappa shape index (κ2) is 7.55. The Kier molecular flexibility index (Phi) is 5.43. The number of nitrogens with one attached hydrogen (secondary N) is 1. The zero-order chi connectivity index (χ0) is 17.1. The lowest BCUT2D eigenvalue weighted by Crippen LogP contribution is -2.44. The van der Waals surface area contributed by atoms with Gasteiger partial charge in [0.05, 0.1) is 10.6 Å². The predicted octanol–water partition coefficient (Wildman–Crippen LogP) is 4.11. The maximum atomic E-state index is 12.4. The molecule has 24 heavy (non-hydrogen) atoms. The minimum absolute atomic E-state index is 0.214. The van der Waals surface area contributed by atoms with Gasteiger partial charge < -0.3 is 15.1 Å². The fourth-order valence-corrected chi connectivity index (χ4v) is 3.25. The predicted molar refractivity (Wildman–Crippen MR) is 103 cm³/mol. The molecule has 4 nitrogen and oxygen atoms in total. The third-order valence-electron chi connectivity index (χ3n) is 4.17. The summed E-state index contributed by atoms with van der Waals surface area (Å²) in [4.78, 5) is 17.1. The molecule has 1 amide bonds. The molecule has 0 bridgehead atoms. The van der Waals surface area contributed by atoms with Crippen molar-refractivity contribution < 1.29 is 4.79 Å². The quantitative estimate of drug-likeness (QED) is 0.830. The molecule has 0 unspecified atom stereocenters. The zero-order valence-electron chi connectivity index (χ0n) is 13.4. The molecule has 6 heteroatoms. The minimum Gasteiger partial charge on any atom is -0.369 e. The molecule has 0 aromatic heterocycles. The zero-order valence-corrected chi connectivity index (χ0v) is 15.8. The second-order valence-corrected chi connectivity index (χ2v) is 7.24. The normalized spacial score (nSPS) is 15.4. The van der Waals surface area contributed by atoms with E-state index in [1.165, 1.54) is 5.69 Å². The third kappa shape index (κ3) is 4.09. The standard InChI is InChI=1S/C18H19BrClN3O/c1-22-8-10-23(11-9-22)15-5-3-14(4-6-15)21-18(24)16-12-13(19)2-7-17(16)20/h2-7,12H,8-11H2,1H3,(H,21,24). The number of anilines is 2. The number of likely N-dealkylation sites (N-methyl/N-ethyl adjacent to an activating group) is 1. The highest BCUT2D eigenvalue weighted by Crippen LogP contribution is 2.23. The van der Waals surface area contributed by atoms with E-state index in [1.54, 1.807) is 12.1 Å². The molecular formula is C18H19BrClN3O. The van der Waals surface area contributed by atoms with Gasteiger partial charge in [-0.05, 0) is 49.5 Å². The number of rotatable bonds is 3. The van der Waals surface area contributed by atoms with Crippen LogP contribution in [0.25, 0.3) is 0 Å². The Hall–Kier alpha value is -1.56. The van der Waals surface area contributed by atoms with Crippen molar-refractivity contribution in [2.75, 3.05) is 43.4 Å². The summed E-state index contributed by atoms with van der Waals surface area (Å²) in [5.74, 6) is -0.214. The summed E-state index contributed by atoms with van der Waals surface area (Å²) in [6, 6.07) is 13.2. The van der Waals surface area contributed by atoms with Gasteiger partial charge in [-0.15, -0.1) is 0 Å². The van der Waals surface area contributed by atoms with Gasteiger partial charge in [-0.25, -0.2) is 0 Å².